The quantitative estimate of drug-likeness (QED) is 0.623. The maximum Gasteiger partial charge on any atom is 0.365 e. The summed E-state index contributed by atoms with van der Waals surface area (Å²) in [6.07, 6.45) is 1.34. The summed E-state index contributed by atoms with van der Waals surface area (Å²) in [5, 5.41) is 0. The molecule has 0 rings (SSSR count). The predicted octanol–water partition coefficient (Wildman–Crippen LogP) is 3.37. The van der Waals surface area contributed by atoms with Gasteiger partial charge in [-0.1, -0.05) is 13.8 Å². The van der Waals surface area contributed by atoms with Gasteiger partial charge in [0.05, 0.1) is 5.60 Å². The third-order valence-electron chi connectivity index (χ3n) is 1.88. The molecule has 0 aliphatic rings. The number of hydrogen-bond donors (Lipinski definition) is 0. The van der Waals surface area contributed by atoms with Gasteiger partial charge in [0.15, 0.2) is 0 Å². The molecule has 11 heavy (non-hydrogen) atoms. The lowest BCUT2D eigenvalue weighted by Gasteiger charge is -2.27. The summed E-state index contributed by atoms with van der Waals surface area (Å²) in [5.41, 5.74) is -0.570. The van der Waals surface area contributed by atoms with Gasteiger partial charge < -0.3 is 0 Å². The highest BCUT2D eigenvalue weighted by atomic mass is 31.2. The van der Waals surface area contributed by atoms with Gasteiger partial charge in [-0.2, -0.15) is 4.20 Å². The van der Waals surface area contributed by atoms with Crippen LogP contribution >= 0.6 is 7.68 Å². The molecule has 0 amide bonds. The van der Waals surface area contributed by atoms with Gasteiger partial charge in [0.25, 0.3) is 0 Å². The first-order valence-corrected chi connectivity index (χ1v) is 5.77. The first-order valence-electron chi connectivity index (χ1n) is 3.81. The molecule has 0 radical (unpaired) electrons. The Morgan fingerprint density at radius 2 is 1.82 bits per heavy atom. The van der Waals surface area contributed by atoms with Crippen LogP contribution in [0.4, 0.5) is 4.20 Å². The number of rotatable bonds is 4. The standard InChI is InChI=1S/C7H16FO2P/c1-5-7(3,6-2)10-11(4,8)9/h5-6H2,1-4H3. The summed E-state index contributed by atoms with van der Waals surface area (Å²) < 4.78 is 28.1. The summed E-state index contributed by atoms with van der Waals surface area (Å²) in [5.74, 6) is 0. The molecule has 68 valence electrons. The van der Waals surface area contributed by atoms with Crippen molar-refractivity contribution < 1.29 is 13.3 Å². The Labute approximate surface area is 67.7 Å². The Kier molecular flexibility index (Phi) is 3.72. The van der Waals surface area contributed by atoms with E-state index in [4.69, 9.17) is 4.52 Å². The van der Waals surface area contributed by atoms with E-state index in [-0.39, 0.29) is 0 Å². The summed E-state index contributed by atoms with van der Waals surface area (Å²) in [6, 6.07) is 0. The molecule has 0 heterocycles. The van der Waals surface area contributed by atoms with Crippen molar-refractivity contribution in [1.29, 1.82) is 0 Å². The van der Waals surface area contributed by atoms with Crippen molar-refractivity contribution in [2.75, 3.05) is 6.66 Å². The third-order valence-corrected chi connectivity index (χ3v) is 2.65. The van der Waals surface area contributed by atoms with E-state index in [2.05, 4.69) is 0 Å². The van der Waals surface area contributed by atoms with Gasteiger partial charge >= 0.3 is 7.68 Å². The molecule has 1 atom stereocenters. The second kappa shape index (κ2) is 3.68. The highest BCUT2D eigenvalue weighted by Crippen LogP contribution is 2.49. The zero-order chi connectivity index (χ0) is 9.12. The molecule has 1 unspecified atom stereocenters. The fourth-order valence-electron chi connectivity index (χ4n) is 0.773. The van der Waals surface area contributed by atoms with Gasteiger partial charge in [-0.3, -0.25) is 9.09 Å². The van der Waals surface area contributed by atoms with E-state index in [9.17, 15) is 8.76 Å². The minimum atomic E-state index is -3.82. The second-order valence-corrected chi connectivity index (χ2v) is 4.67. The molecule has 0 saturated carbocycles. The van der Waals surface area contributed by atoms with Gasteiger partial charge in [-0.15, -0.1) is 0 Å². The molecule has 0 aliphatic heterocycles. The predicted molar refractivity (Wildman–Crippen MR) is 44.7 cm³/mol. The summed E-state index contributed by atoms with van der Waals surface area (Å²) >= 11 is 0. The van der Waals surface area contributed by atoms with Gasteiger partial charge in [-0.05, 0) is 19.8 Å². The maximum absolute atomic E-state index is 12.6. The first-order chi connectivity index (χ1) is 4.83. The van der Waals surface area contributed by atoms with Crippen LogP contribution in [0.5, 0.6) is 0 Å². The van der Waals surface area contributed by atoms with Gasteiger partial charge in [-0.25, -0.2) is 0 Å². The van der Waals surface area contributed by atoms with Gasteiger partial charge in [0, 0.05) is 6.66 Å². The van der Waals surface area contributed by atoms with Crippen LogP contribution in [0.2, 0.25) is 0 Å². The monoisotopic (exact) mass is 182 g/mol. The number of halogens is 1. The molecule has 0 saturated heterocycles. The van der Waals surface area contributed by atoms with E-state index in [1.165, 1.54) is 0 Å². The Morgan fingerprint density at radius 1 is 1.45 bits per heavy atom. The zero-order valence-corrected chi connectivity index (χ0v) is 8.45. The Hall–Kier alpha value is 0.120. The third kappa shape index (κ3) is 4.54. The normalized spacial score (nSPS) is 17.9. The topological polar surface area (TPSA) is 26.3 Å². The van der Waals surface area contributed by atoms with Crippen LogP contribution in [0, 0.1) is 0 Å². The van der Waals surface area contributed by atoms with E-state index in [1.54, 1.807) is 6.92 Å². The maximum atomic E-state index is 12.6. The fourth-order valence-corrected chi connectivity index (χ4v) is 1.82. The smallest absolute Gasteiger partial charge is 0.299 e. The summed E-state index contributed by atoms with van der Waals surface area (Å²) in [4.78, 5) is 0. The highest BCUT2D eigenvalue weighted by Gasteiger charge is 2.28. The van der Waals surface area contributed by atoms with Crippen LogP contribution in [0.1, 0.15) is 33.6 Å². The molecular weight excluding hydrogens is 166 g/mol. The highest BCUT2D eigenvalue weighted by molar-refractivity contribution is 7.52. The lowest BCUT2D eigenvalue weighted by atomic mass is 10.0. The van der Waals surface area contributed by atoms with E-state index in [1.807, 2.05) is 13.8 Å². The van der Waals surface area contributed by atoms with Gasteiger partial charge in [0.1, 0.15) is 0 Å². The second-order valence-electron chi connectivity index (χ2n) is 3.00. The van der Waals surface area contributed by atoms with Crippen LogP contribution in [-0.4, -0.2) is 12.3 Å². The lowest BCUT2D eigenvalue weighted by Crippen LogP contribution is -2.24. The zero-order valence-electron chi connectivity index (χ0n) is 7.56. The molecular formula is C7H16FO2P. The van der Waals surface area contributed by atoms with Crippen molar-refractivity contribution in [3.63, 3.8) is 0 Å². The van der Waals surface area contributed by atoms with Crippen molar-refractivity contribution >= 4 is 7.68 Å². The minimum absolute atomic E-state index is 0.570. The molecule has 4 heteroatoms. The van der Waals surface area contributed by atoms with Crippen molar-refractivity contribution in [3.05, 3.63) is 0 Å². The molecule has 0 aromatic carbocycles. The van der Waals surface area contributed by atoms with Crippen LogP contribution in [0.3, 0.4) is 0 Å². The Bertz CT molecular complexity index is 160. The van der Waals surface area contributed by atoms with E-state index in [0.29, 0.717) is 12.8 Å². The number of hydrogen-bond acceptors (Lipinski definition) is 2. The van der Waals surface area contributed by atoms with Crippen LogP contribution in [0.15, 0.2) is 0 Å². The van der Waals surface area contributed by atoms with Gasteiger partial charge in [0.2, 0.25) is 0 Å². The fraction of sp³-hybridized carbons (Fsp3) is 1.00. The van der Waals surface area contributed by atoms with Crippen LogP contribution in [0.25, 0.3) is 0 Å². The Morgan fingerprint density at radius 3 is 1.91 bits per heavy atom. The average molecular weight is 182 g/mol. The van der Waals surface area contributed by atoms with Crippen molar-refractivity contribution in [3.8, 4) is 0 Å². The summed E-state index contributed by atoms with van der Waals surface area (Å²) in [7, 11) is -3.82. The van der Waals surface area contributed by atoms with E-state index < -0.39 is 13.3 Å². The van der Waals surface area contributed by atoms with E-state index in [0.717, 1.165) is 6.66 Å². The SMILES string of the molecule is CCC(C)(CC)OP(C)(=O)F. The molecule has 0 aliphatic carbocycles. The van der Waals surface area contributed by atoms with Crippen LogP contribution < -0.4 is 0 Å². The van der Waals surface area contributed by atoms with Crippen molar-refractivity contribution in [2.24, 2.45) is 0 Å². The first kappa shape index (κ1) is 11.1. The molecule has 0 bridgehead atoms. The lowest BCUT2D eigenvalue weighted by molar-refractivity contribution is 0.0758. The molecule has 0 N–H and O–H groups in total. The Balaban J connectivity index is 4.20. The molecule has 2 nitrogen and oxygen atoms in total. The summed E-state index contributed by atoms with van der Waals surface area (Å²) in [6.45, 7) is 6.54. The minimum Gasteiger partial charge on any atom is -0.299 e. The van der Waals surface area contributed by atoms with E-state index >= 15 is 0 Å². The largest absolute Gasteiger partial charge is 0.365 e. The molecule has 0 spiro atoms. The molecule has 0 aromatic heterocycles. The molecule has 0 fully saturated rings. The van der Waals surface area contributed by atoms with Crippen LogP contribution in [-0.2, 0) is 9.09 Å². The average Bonchev–Trinajstić information content (AvgIpc) is 1.84. The van der Waals surface area contributed by atoms with Crippen molar-refractivity contribution in [1.82, 2.24) is 0 Å². The van der Waals surface area contributed by atoms with Crippen molar-refractivity contribution in [2.45, 2.75) is 39.2 Å². The molecule has 0 aromatic rings.